The summed E-state index contributed by atoms with van der Waals surface area (Å²) in [6, 6.07) is 0. The predicted octanol–water partition coefficient (Wildman–Crippen LogP) is 2.87. The molecular formula is C23H44N4O6. The van der Waals surface area contributed by atoms with Gasteiger partial charge in [-0.1, -0.05) is 0 Å². The van der Waals surface area contributed by atoms with Crippen LogP contribution in [0.1, 0.15) is 62.3 Å². The smallest absolute Gasteiger partial charge is 0.410 e. The number of carbonyl (C=O) groups is 3. The first kappa shape index (κ1) is 29.0. The van der Waals surface area contributed by atoms with E-state index in [4.69, 9.17) is 14.3 Å². The van der Waals surface area contributed by atoms with E-state index in [9.17, 15) is 14.4 Å². The first-order valence-electron chi connectivity index (χ1n) is 11.6. The minimum Gasteiger partial charge on any atom is -0.444 e. The summed E-state index contributed by atoms with van der Waals surface area (Å²) < 4.78 is 11.1. The molecule has 0 aromatic carbocycles. The van der Waals surface area contributed by atoms with Gasteiger partial charge in [-0.15, -0.1) is 5.06 Å². The molecule has 0 atom stereocenters. The van der Waals surface area contributed by atoms with Crippen LogP contribution in [0.2, 0.25) is 0 Å². The quantitative estimate of drug-likeness (QED) is 0.622. The van der Waals surface area contributed by atoms with Crippen molar-refractivity contribution in [2.75, 3.05) is 52.4 Å². The number of amides is 2. The van der Waals surface area contributed by atoms with E-state index in [2.05, 4.69) is 5.32 Å². The number of hydroxylamine groups is 2. The minimum atomic E-state index is -0.659. The fraction of sp³-hybridized carbons (Fsp3) is 0.870. The van der Waals surface area contributed by atoms with Gasteiger partial charge in [0.1, 0.15) is 11.2 Å². The fourth-order valence-corrected chi connectivity index (χ4v) is 2.72. The molecule has 0 aromatic rings. The van der Waals surface area contributed by atoms with Crippen molar-refractivity contribution in [3.05, 3.63) is 0 Å². The monoisotopic (exact) mass is 472 g/mol. The van der Waals surface area contributed by atoms with Gasteiger partial charge in [0.15, 0.2) is 0 Å². The average molecular weight is 473 g/mol. The molecular weight excluding hydrogens is 428 g/mol. The third-order valence-electron chi connectivity index (χ3n) is 4.48. The maximum atomic E-state index is 12.9. The van der Waals surface area contributed by atoms with Crippen molar-refractivity contribution in [1.82, 2.24) is 20.2 Å². The zero-order valence-corrected chi connectivity index (χ0v) is 21.9. The summed E-state index contributed by atoms with van der Waals surface area (Å²) in [7, 11) is 0. The Hall–Kier alpha value is -2.07. The Morgan fingerprint density at radius 1 is 0.636 bits per heavy atom. The van der Waals surface area contributed by atoms with Crippen LogP contribution in [0.4, 0.5) is 9.59 Å². The van der Waals surface area contributed by atoms with Gasteiger partial charge in [-0.05, 0) is 62.3 Å². The molecule has 1 aliphatic rings. The van der Waals surface area contributed by atoms with E-state index >= 15 is 0 Å². The summed E-state index contributed by atoms with van der Waals surface area (Å²) in [6.45, 7) is 19.3. The van der Waals surface area contributed by atoms with Crippen molar-refractivity contribution in [2.24, 2.45) is 5.41 Å². The zero-order chi connectivity index (χ0) is 25.4. The Morgan fingerprint density at radius 2 is 1.06 bits per heavy atom. The van der Waals surface area contributed by atoms with Gasteiger partial charge in [-0.25, -0.2) is 14.4 Å². The molecule has 0 spiro atoms. The molecule has 1 saturated heterocycles. The third-order valence-corrected chi connectivity index (χ3v) is 4.48. The van der Waals surface area contributed by atoms with E-state index in [0.29, 0.717) is 32.7 Å². The fourth-order valence-electron chi connectivity index (χ4n) is 2.72. The van der Waals surface area contributed by atoms with E-state index < -0.39 is 28.8 Å². The van der Waals surface area contributed by atoms with Crippen LogP contribution in [-0.4, -0.2) is 96.6 Å². The van der Waals surface area contributed by atoms with Gasteiger partial charge in [-0.2, -0.15) is 0 Å². The van der Waals surface area contributed by atoms with Gasteiger partial charge in [0, 0.05) is 45.8 Å². The highest BCUT2D eigenvalue weighted by molar-refractivity contribution is 5.75. The Balaban J connectivity index is 2.99. The predicted molar refractivity (Wildman–Crippen MR) is 126 cm³/mol. The second kappa shape index (κ2) is 11.9. The first-order valence-corrected chi connectivity index (χ1v) is 11.6. The molecule has 10 heteroatoms. The Bertz CT molecular complexity index is 663. The highest BCUT2D eigenvalue weighted by atomic mass is 16.7. The normalized spacial score (nSPS) is 18.1. The number of nitrogens with one attached hydrogen (secondary N) is 1. The standard InChI is InChI=1S/C23H44N4O6/c1-21(2,3)18(28)33-27-13-11-24-10-12-25(19(29)31-22(4,5)6)14-15-26(16-17-27)20(30)32-23(7,8)9/h24H,10-17H2,1-9H3. The average Bonchev–Trinajstić information content (AvgIpc) is 2.59. The Morgan fingerprint density at radius 3 is 1.52 bits per heavy atom. The molecule has 0 aromatic heterocycles. The molecule has 1 fully saturated rings. The van der Waals surface area contributed by atoms with Crippen LogP contribution in [0.5, 0.6) is 0 Å². The SMILES string of the molecule is CC(C)(C)OC(=O)N1CCNCCN(OC(=O)C(C)(C)C)CCN(C(=O)OC(C)(C)C)CC1. The maximum absolute atomic E-state index is 12.9. The van der Waals surface area contributed by atoms with Crippen LogP contribution in [0.15, 0.2) is 0 Å². The lowest BCUT2D eigenvalue weighted by Gasteiger charge is -2.33. The zero-order valence-electron chi connectivity index (χ0n) is 21.9. The van der Waals surface area contributed by atoms with Crippen molar-refractivity contribution in [3.63, 3.8) is 0 Å². The molecule has 2 amide bonds. The second-order valence-corrected chi connectivity index (χ2v) is 11.2. The molecule has 0 unspecified atom stereocenters. The summed E-state index contributed by atoms with van der Waals surface area (Å²) in [6.07, 6.45) is -0.907. The molecule has 192 valence electrons. The van der Waals surface area contributed by atoms with Crippen molar-refractivity contribution in [2.45, 2.75) is 73.5 Å². The number of carbonyl (C=O) groups excluding carboxylic acids is 3. The van der Waals surface area contributed by atoms with Gasteiger partial charge in [0.2, 0.25) is 0 Å². The lowest BCUT2D eigenvalue weighted by Crippen LogP contribution is -2.50. The van der Waals surface area contributed by atoms with E-state index in [1.807, 2.05) is 20.8 Å². The van der Waals surface area contributed by atoms with Crippen molar-refractivity contribution in [1.29, 1.82) is 0 Å². The molecule has 0 bridgehead atoms. The van der Waals surface area contributed by atoms with E-state index in [0.717, 1.165) is 0 Å². The number of hydrogen-bond donors (Lipinski definition) is 1. The summed E-state index contributed by atoms with van der Waals surface area (Å²) in [5.74, 6) is -0.338. The number of ether oxygens (including phenoxy) is 2. The van der Waals surface area contributed by atoms with Crippen LogP contribution in [0, 0.1) is 5.41 Å². The van der Waals surface area contributed by atoms with Crippen molar-refractivity contribution in [3.8, 4) is 0 Å². The molecule has 1 aliphatic heterocycles. The van der Waals surface area contributed by atoms with Gasteiger partial charge >= 0.3 is 18.2 Å². The van der Waals surface area contributed by atoms with Gasteiger partial charge in [0.05, 0.1) is 12.0 Å². The summed E-state index contributed by atoms with van der Waals surface area (Å²) in [4.78, 5) is 46.7. The van der Waals surface area contributed by atoms with Gasteiger partial charge in [-0.3, -0.25) is 0 Å². The molecule has 1 heterocycles. The maximum Gasteiger partial charge on any atom is 0.410 e. The summed E-state index contributed by atoms with van der Waals surface area (Å²) in [5.41, 5.74) is -1.92. The Labute approximate surface area is 198 Å². The van der Waals surface area contributed by atoms with Crippen LogP contribution in [0.3, 0.4) is 0 Å². The molecule has 0 radical (unpaired) electrons. The molecule has 10 nitrogen and oxygen atoms in total. The second-order valence-electron chi connectivity index (χ2n) is 11.2. The highest BCUT2D eigenvalue weighted by Crippen LogP contribution is 2.17. The number of hydrogen-bond acceptors (Lipinski definition) is 8. The topological polar surface area (TPSA) is 101 Å². The largest absolute Gasteiger partial charge is 0.444 e. The molecule has 1 rings (SSSR count). The van der Waals surface area contributed by atoms with Crippen molar-refractivity contribution < 1.29 is 28.7 Å². The van der Waals surface area contributed by atoms with Crippen LogP contribution in [-0.2, 0) is 19.1 Å². The first-order chi connectivity index (χ1) is 15.0. The minimum absolute atomic E-state index is 0.259. The van der Waals surface area contributed by atoms with Crippen LogP contribution in [0.25, 0.3) is 0 Å². The number of rotatable bonds is 1. The molecule has 0 saturated carbocycles. The van der Waals surface area contributed by atoms with E-state index in [1.165, 1.54) is 4.90 Å². The van der Waals surface area contributed by atoms with Crippen LogP contribution < -0.4 is 5.32 Å². The van der Waals surface area contributed by atoms with Crippen molar-refractivity contribution >= 4 is 18.2 Å². The lowest BCUT2D eigenvalue weighted by molar-refractivity contribution is -0.200. The van der Waals surface area contributed by atoms with E-state index in [1.54, 1.807) is 51.5 Å². The third kappa shape index (κ3) is 12.1. The summed E-state index contributed by atoms with van der Waals surface area (Å²) in [5, 5.41) is 4.84. The molecule has 0 aliphatic carbocycles. The molecule has 1 N–H and O–H groups in total. The van der Waals surface area contributed by atoms with Crippen LogP contribution >= 0.6 is 0 Å². The Kier molecular flexibility index (Phi) is 10.4. The van der Waals surface area contributed by atoms with Gasteiger partial charge in [0.25, 0.3) is 0 Å². The summed E-state index contributed by atoms with van der Waals surface area (Å²) >= 11 is 0. The highest BCUT2D eigenvalue weighted by Gasteiger charge is 2.29. The van der Waals surface area contributed by atoms with E-state index in [-0.39, 0.29) is 25.6 Å². The number of nitrogens with zero attached hydrogens (tertiary/aromatic N) is 3. The van der Waals surface area contributed by atoms with Gasteiger partial charge < -0.3 is 29.4 Å². The lowest BCUT2D eigenvalue weighted by atomic mass is 9.98. The molecule has 33 heavy (non-hydrogen) atoms.